The highest BCUT2D eigenvalue weighted by atomic mass is 16.5. The standard InChI is InChI=1S/C86H92N14O10/c101-83-97-61-75-77-63-99(83)86(68-17-5-2-6-18-68)85(97,67-15-3-1-4-16-67)98-62-76-78(64-100(86)84(98)102)82-30-28-80(76)108-48-44-104-40-36-93(53-65-23-25-73(91-51-65)59-95(55-69-19-7-11-31-87-69)56-70-20-8-12-32-88-70)35-39-103-43-47-107-79(75)27-29-81(77)109-49-45-105-41-37-94(38-42-106-46-50-110-82)54-66-24-26-74(92-52-66)60-96(57-71-21-9-13-33-89-71)58-72-22-10-14-34-90-72/h1-34,51-52H,35-50,53-64H2. The smallest absolute Gasteiger partial charge is 0.325 e. The highest BCUT2D eigenvalue weighted by Gasteiger charge is 2.81. The van der Waals surface area contributed by atoms with Crippen LogP contribution in [0.25, 0.3) is 0 Å². The molecular weight excluding hydrogens is 1390 g/mol. The SMILES string of the molecule is O=C1N2Cc3c4ccc5c3CN1C1(c3ccccc3)N3Cc6c(ccc(c6CN(C3=O)C21c1ccccc1)OCCOCCN(Cc1ccc(CN(Cc2ccccn2)Cc2ccccn2)nc1)CCOCCO4)OCCOCCN(Cc1ccc(CN(Cc2ccccn2)Cc2ccccn2)nc1)CCOCCO5. The topological polar surface area (TPSA) is 211 Å². The first-order valence-corrected chi connectivity index (χ1v) is 38.1. The summed E-state index contributed by atoms with van der Waals surface area (Å²) in [5, 5.41) is 0. The van der Waals surface area contributed by atoms with Crippen LogP contribution < -0.4 is 18.9 Å². The van der Waals surface area contributed by atoms with Crippen LogP contribution >= 0.6 is 0 Å². The summed E-state index contributed by atoms with van der Waals surface area (Å²) in [5.41, 5.74) is 9.53. The second-order valence-corrected chi connectivity index (χ2v) is 28.3. The van der Waals surface area contributed by atoms with Crippen LogP contribution in [0.4, 0.5) is 9.59 Å². The molecule has 0 aliphatic carbocycles. The summed E-state index contributed by atoms with van der Waals surface area (Å²) in [6, 6.07) is 59.7. The van der Waals surface area contributed by atoms with Crippen LogP contribution in [0, 0.1) is 0 Å². The highest BCUT2D eigenvalue weighted by molar-refractivity contribution is 5.91. The molecule has 0 saturated carbocycles. The Morgan fingerprint density at radius 3 is 0.845 bits per heavy atom. The number of hydrogen-bond donors (Lipinski definition) is 0. The lowest BCUT2D eigenvalue weighted by Crippen LogP contribution is -2.64. The van der Waals surface area contributed by atoms with E-state index in [0.717, 1.165) is 78.7 Å². The second kappa shape index (κ2) is 34.8. The fraction of sp³-hybridized carbons (Fsp3) is 0.349. The van der Waals surface area contributed by atoms with Crippen LogP contribution in [0.3, 0.4) is 0 Å². The molecule has 12 heterocycles. The molecule has 8 bridgehead atoms. The van der Waals surface area contributed by atoms with E-state index in [9.17, 15) is 0 Å². The summed E-state index contributed by atoms with van der Waals surface area (Å²) in [4.78, 5) is 78.3. The van der Waals surface area contributed by atoms with Gasteiger partial charge in [-0.1, -0.05) is 97.1 Å². The maximum atomic E-state index is 16.5. The van der Waals surface area contributed by atoms with Gasteiger partial charge in [0.1, 0.15) is 49.4 Å². The second-order valence-electron chi connectivity index (χ2n) is 28.3. The van der Waals surface area contributed by atoms with Crippen molar-refractivity contribution in [1.29, 1.82) is 0 Å². The van der Waals surface area contributed by atoms with Crippen molar-refractivity contribution in [3.8, 4) is 23.0 Å². The predicted octanol–water partition coefficient (Wildman–Crippen LogP) is 11.0. The normalized spacial score (nSPS) is 19.7. The molecule has 16 rings (SSSR count). The summed E-state index contributed by atoms with van der Waals surface area (Å²) in [5.74, 6) is 2.32. The first-order valence-electron chi connectivity index (χ1n) is 38.1. The Morgan fingerprint density at radius 2 is 0.582 bits per heavy atom. The van der Waals surface area contributed by atoms with Gasteiger partial charge >= 0.3 is 12.1 Å². The Balaban J connectivity index is 0.688. The van der Waals surface area contributed by atoms with Crippen molar-refractivity contribution >= 4 is 12.1 Å². The number of nitrogens with zero attached hydrogens (tertiary/aromatic N) is 14. The van der Waals surface area contributed by atoms with Gasteiger partial charge in [0, 0.05) is 149 Å². The molecule has 0 spiro atoms. The number of pyridine rings is 6. The largest absolute Gasteiger partial charge is 0.491 e. The van der Waals surface area contributed by atoms with Gasteiger partial charge in [0.2, 0.25) is 0 Å². The minimum absolute atomic E-state index is 0.0518. The summed E-state index contributed by atoms with van der Waals surface area (Å²) in [6.45, 7) is 11.4. The molecule has 4 amide bonds. The van der Waals surface area contributed by atoms with Gasteiger partial charge in [-0.25, -0.2) is 9.59 Å². The van der Waals surface area contributed by atoms with Crippen LogP contribution in [0.2, 0.25) is 0 Å². The van der Waals surface area contributed by atoms with Gasteiger partial charge in [-0.2, -0.15) is 0 Å². The van der Waals surface area contributed by atoms with Gasteiger partial charge < -0.3 is 37.9 Å². The Morgan fingerprint density at radius 1 is 0.300 bits per heavy atom. The van der Waals surface area contributed by atoms with E-state index in [1.54, 1.807) is 0 Å². The number of urea groups is 2. The maximum Gasteiger partial charge on any atom is 0.325 e. The molecular formula is C86H92N14O10. The molecule has 2 saturated heterocycles. The third kappa shape index (κ3) is 16.1. The third-order valence-electron chi connectivity index (χ3n) is 21.2. The molecule has 24 nitrogen and oxygen atoms in total. The van der Waals surface area contributed by atoms with Crippen molar-refractivity contribution in [1.82, 2.24) is 69.1 Å². The molecule has 2 fully saturated rings. The van der Waals surface area contributed by atoms with E-state index in [1.165, 1.54) is 0 Å². The number of carbonyl (C=O) groups excluding carboxylic acids is 2. The van der Waals surface area contributed by atoms with Crippen LogP contribution in [-0.2, 0) is 109 Å². The lowest BCUT2D eigenvalue weighted by atomic mass is 9.77. The molecule has 10 aromatic rings. The predicted molar refractivity (Wildman–Crippen MR) is 409 cm³/mol. The van der Waals surface area contributed by atoms with E-state index in [2.05, 4.69) is 63.8 Å². The number of amides is 4. The quantitative estimate of drug-likeness (QED) is 0.0781. The van der Waals surface area contributed by atoms with Crippen molar-refractivity contribution in [3.63, 3.8) is 0 Å². The summed E-state index contributed by atoms with van der Waals surface area (Å²) < 4.78 is 53.4. The van der Waals surface area contributed by atoms with Crippen molar-refractivity contribution < 1.29 is 47.5 Å². The molecule has 6 aliphatic heterocycles. The van der Waals surface area contributed by atoms with Crippen molar-refractivity contribution in [2.45, 2.75) is 89.9 Å². The number of aromatic nitrogens is 6. The summed E-state index contributed by atoms with van der Waals surface area (Å²) in [6.07, 6.45) is 11.2. The molecule has 0 atom stereocenters. The lowest BCUT2D eigenvalue weighted by molar-refractivity contribution is -0.0922. The zero-order valence-corrected chi connectivity index (χ0v) is 61.9. The molecule has 4 aromatic carbocycles. The molecule has 110 heavy (non-hydrogen) atoms. The average molecular weight is 1480 g/mol. The minimum atomic E-state index is -1.48. The van der Waals surface area contributed by atoms with E-state index < -0.39 is 11.3 Å². The summed E-state index contributed by atoms with van der Waals surface area (Å²) >= 11 is 0. The minimum Gasteiger partial charge on any atom is -0.491 e. The van der Waals surface area contributed by atoms with Crippen molar-refractivity contribution in [2.75, 3.05) is 105 Å². The van der Waals surface area contributed by atoms with Gasteiger partial charge in [-0.05, 0) is 96.1 Å². The van der Waals surface area contributed by atoms with Crippen LogP contribution in [0.15, 0.2) is 219 Å². The van der Waals surface area contributed by atoms with Crippen molar-refractivity contribution in [2.24, 2.45) is 0 Å². The van der Waals surface area contributed by atoms with Gasteiger partial charge in [0.15, 0.2) is 11.3 Å². The number of rotatable bonds is 18. The fourth-order valence-electron chi connectivity index (χ4n) is 16.2. The van der Waals surface area contributed by atoms with Gasteiger partial charge in [-0.3, -0.25) is 69.1 Å². The van der Waals surface area contributed by atoms with E-state index in [0.29, 0.717) is 128 Å². The Hall–Kier alpha value is -10.8. The third-order valence-corrected chi connectivity index (χ3v) is 21.2. The number of hydrogen-bond acceptors (Lipinski definition) is 20. The molecule has 6 aromatic heterocycles. The first-order chi connectivity index (χ1) is 54.3. The molecule has 24 heteroatoms. The molecule has 6 aliphatic rings. The van der Waals surface area contributed by atoms with Crippen molar-refractivity contribution in [3.05, 3.63) is 298 Å². The summed E-state index contributed by atoms with van der Waals surface area (Å²) in [7, 11) is 0. The molecule has 566 valence electrons. The van der Waals surface area contributed by atoms with E-state index in [4.69, 9.17) is 47.9 Å². The highest BCUT2D eigenvalue weighted by Crippen LogP contribution is 2.66. The molecule has 0 radical (unpaired) electrons. The van der Waals surface area contributed by atoms with E-state index in [-0.39, 0.29) is 91.1 Å². The molecule has 0 unspecified atom stereocenters. The number of benzene rings is 4. The van der Waals surface area contributed by atoms with Gasteiger partial charge in [0.25, 0.3) is 0 Å². The first kappa shape index (κ1) is 73.4. The van der Waals surface area contributed by atoms with E-state index >= 15 is 9.59 Å². The van der Waals surface area contributed by atoms with Crippen LogP contribution in [-0.4, -0.2) is 187 Å². The van der Waals surface area contributed by atoms with Gasteiger partial charge in [-0.15, -0.1) is 0 Å². The monoisotopic (exact) mass is 1480 g/mol. The Kier molecular flexibility index (Phi) is 23.2. The van der Waals surface area contributed by atoms with Gasteiger partial charge in [0.05, 0.1) is 113 Å². The van der Waals surface area contributed by atoms with Crippen LogP contribution in [0.5, 0.6) is 23.0 Å². The fourth-order valence-corrected chi connectivity index (χ4v) is 16.2. The maximum absolute atomic E-state index is 16.5. The lowest BCUT2D eigenvalue weighted by Gasteiger charge is -2.52. The molecule has 0 N–H and O–H groups in total. The zero-order chi connectivity index (χ0) is 74.3. The Labute approximate surface area is 641 Å². The number of ether oxygens (including phenoxy) is 8. The van der Waals surface area contributed by atoms with E-state index in [1.807, 2.05) is 215 Å². The Bertz CT molecular complexity index is 4180. The van der Waals surface area contributed by atoms with Crippen LogP contribution in [0.1, 0.15) is 78.7 Å². The zero-order valence-electron chi connectivity index (χ0n) is 61.9. The number of carbonyl (C=O) groups is 2. The average Bonchev–Trinajstić information content (AvgIpc) is 1.47.